The molecule has 0 saturated carbocycles. The highest BCUT2D eigenvalue weighted by molar-refractivity contribution is 6.13. The molecular formula is C15H12FNO2. The largest absolute Gasteiger partial charge is 0.328 e. The normalized spacial score (nSPS) is 10.0. The predicted octanol–water partition coefficient (Wildman–Crippen LogP) is 2.93. The molecule has 96 valence electrons. The summed E-state index contributed by atoms with van der Waals surface area (Å²) in [7, 11) is 0. The van der Waals surface area contributed by atoms with Crippen molar-refractivity contribution in [3.05, 3.63) is 65.0 Å². The summed E-state index contributed by atoms with van der Waals surface area (Å²) in [6.07, 6.45) is 0.489. The van der Waals surface area contributed by atoms with E-state index >= 15 is 0 Å². The molecule has 0 fully saturated rings. The minimum Gasteiger partial charge on any atom is -0.328 e. The SMILES string of the molecule is Cc1ccc(NC=O)c(C(=O)c2ccccc2F)c1. The molecule has 2 aromatic carbocycles. The lowest BCUT2D eigenvalue weighted by atomic mass is 9.99. The van der Waals surface area contributed by atoms with Gasteiger partial charge in [-0.05, 0) is 31.2 Å². The zero-order chi connectivity index (χ0) is 13.8. The van der Waals surface area contributed by atoms with Crippen molar-refractivity contribution in [2.75, 3.05) is 5.32 Å². The second-order valence-corrected chi connectivity index (χ2v) is 4.12. The molecule has 0 radical (unpaired) electrons. The van der Waals surface area contributed by atoms with E-state index in [0.717, 1.165) is 5.56 Å². The zero-order valence-electron chi connectivity index (χ0n) is 10.3. The van der Waals surface area contributed by atoms with Crippen molar-refractivity contribution in [3.8, 4) is 0 Å². The van der Waals surface area contributed by atoms with Gasteiger partial charge in [0.15, 0.2) is 5.78 Å². The highest BCUT2D eigenvalue weighted by Gasteiger charge is 2.17. The monoisotopic (exact) mass is 257 g/mol. The first-order chi connectivity index (χ1) is 9.13. The third-order valence-corrected chi connectivity index (χ3v) is 2.75. The molecule has 0 heterocycles. The number of anilines is 1. The number of halogens is 1. The Morgan fingerprint density at radius 2 is 1.89 bits per heavy atom. The Morgan fingerprint density at radius 1 is 1.16 bits per heavy atom. The third kappa shape index (κ3) is 2.68. The molecule has 1 amide bonds. The number of hydrogen-bond acceptors (Lipinski definition) is 2. The molecular weight excluding hydrogens is 245 g/mol. The molecule has 4 heteroatoms. The van der Waals surface area contributed by atoms with Gasteiger partial charge in [-0.1, -0.05) is 23.8 Å². The molecule has 2 rings (SSSR count). The number of ketones is 1. The van der Waals surface area contributed by atoms with Crippen molar-refractivity contribution in [2.45, 2.75) is 6.92 Å². The number of aryl methyl sites for hydroxylation is 1. The minimum atomic E-state index is -0.578. The summed E-state index contributed by atoms with van der Waals surface area (Å²) >= 11 is 0. The lowest BCUT2D eigenvalue weighted by Gasteiger charge is -2.09. The molecule has 0 atom stereocenters. The molecule has 0 saturated heterocycles. The van der Waals surface area contributed by atoms with E-state index in [1.165, 1.54) is 18.2 Å². The standard InChI is InChI=1S/C15H12FNO2/c1-10-6-7-14(17-9-18)12(8-10)15(19)11-4-2-3-5-13(11)16/h2-9H,1H3,(H,17,18). The number of carbonyl (C=O) groups excluding carboxylic acids is 2. The van der Waals surface area contributed by atoms with E-state index in [-0.39, 0.29) is 11.1 Å². The van der Waals surface area contributed by atoms with Gasteiger partial charge in [0, 0.05) is 5.56 Å². The molecule has 0 unspecified atom stereocenters. The number of rotatable bonds is 4. The van der Waals surface area contributed by atoms with Crippen molar-refractivity contribution in [1.82, 2.24) is 0 Å². The number of benzene rings is 2. The van der Waals surface area contributed by atoms with Crippen LogP contribution in [0.1, 0.15) is 21.5 Å². The van der Waals surface area contributed by atoms with Gasteiger partial charge in [0.05, 0.1) is 11.3 Å². The quantitative estimate of drug-likeness (QED) is 0.676. The molecule has 0 aromatic heterocycles. The first kappa shape index (κ1) is 13.0. The van der Waals surface area contributed by atoms with Crippen LogP contribution in [0.2, 0.25) is 0 Å². The van der Waals surface area contributed by atoms with Crippen LogP contribution in [0.5, 0.6) is 0 Å². The van der Waals surface area contributed by atoms with Gasteiger partial charge >= 0.3 is 0 Å². The average molecular weight is 257 g/mol. The Balaban J connectivity index is 2.52. The van der Waals surface area contributed by atoms with Crippen molar-refractivity contribution in [2.24, 2.45) is 0 Å². The Labute approximate surface area is 110 Å². The smallest absolute Gasteiger partial charge is 0.211 e. The van der Waals surface area contributed by atoms with Gasteiger partial charge in [-0.3, -0.25) is 9.59 Å². The summed E-state index contributed by atoms with van der Waals surface area (Å²) < 4.78 is 13.6. The lowest BCUT2D eigenvalue weighted by Crippen LogP contribution is -2.09. The highest BCUT2D eigenvalue weighted by Crippen LogP contribution is 2.21. The number of amides is 1. The average Bonchev–Trinajstić information content (AvgIpc) is 2.41. The molecule has 2 aromatic rings. The van der Waals surface area contributed by atoms with E-state index in [0.29, 0.717) is 12.1 Å². The lowest BCUT2D eigenvalue weighted by molar-refractivity contribution is -0.105. The van der Waals surface area contributed by atoms with Crippen LogP contribution in [0.4, 0.5) is 10.1 Å². The molecule has 0 aliphatic rings. The number of nitrogens with one attached hydrogen (secondary N) is 1. The molecule has 3 nitrogen and oxygen atoms in total. The van der Waals surface area contributed by atoms with Gasteiger partial charge in [0.2, 0.25) is 6.41 Å². The first-order valence-corrected chi connectivity index (χ1v) is 5.73. The molecule has 0 bridgehead atoms. The van der Waals surface area contributed by atoms with Gasteiger partial charge in [-0.25, -0.2) is 4.39 Å². The van der Waals surface area contributed by atoms with Crippen molar-refractivity contribution in [1.29, 1.82) is 0 Å². The fourth-order valence-corrected chi connectivity index (χ4v) is 1.83. The zero-order valence-corrected chi connectivity index (χ0v) is 10.3. The van der Waals surface area contributed by atoms with Crippen LogP contribution >= 0.6 is 0 Å². The summed E-state index contributed by atoms with van der Waals surface area (Å²) in [5, 5.41) is 2.45. The van der Waals surface area contributed by atoms with E-state index in [2.05, 4.69) is 5.32 Å². The van der Waals surface area contributed by atoms with E-state index in [4.69, 9.17) is 0 Å². The van der Waals surface area contributed by atoms with Gasteiger partial charge in [-0.15, -0.1) is 0 Å². The summed E-state index contributed by atoms with van der Waals surface area (Å²) in [5.74, 6) is -1.03. The Morgan fingerprint density at radius 3 is 2.58 bits per heavy atom. The summed E-state index contributed by atoms with van der Waals surface area (Å²) in [4.78, 5) is 22.9. The predicted molar refractivity (Wildman–Crippen MR) is 70.7 cm³/mol. The molecule has 0 aliphatic carbocycles. The fourth-order valence-electron chi connectivity index (χ4n) is 1.83. The maximum absolute atomic E-state index is 13.6. The van der Waals surface area contributed by atoms with Gasteiger partial charge in [-0.2, -0.15) is 0 Å². The van der Waals surface area contributed by atoms with Crippen LogP contribution < -0.4 is 5.32 Å². The van der Waals surface area contributed by atoms with Crippen LogP contribution in [-0.2, 0) is 4.79 Å². The molecule has 1 N–H and O–H groups in total. The van der Waals surface area contributed by atoms with Crippen LogP contribution in [-0.4, -0.2) is 12.2 Å². The second kappa shape index (κ2) is 5.44. The van der Waals surface area contributed by atoms with E-state index in [9.17, 15) is 14.0 Å². The van der Waals surface area contributed by atoms with Gasteiger partial charge in [0.25, 0.3) is 0 Å². The van der Waals surface area contributed by atoms with Crippen LogP contribution in [0, 0.1) is 12.7 Å². The van der Waals surface area contributed by atoms with Crippen LogP contribution in [0.25, 0.3) is 0 Å². The van der Waals surface area contributed by atoms with Gasteiger partial charge in [0.1, 0.15) is 5.82 Å². The Kier molecular flexibility index (Phi) is 3.71. The van der Waals surface area contributed by atoms with Crippen molar-refractivity contribution < 1.29 is 14.0 Å². The van der Waals surface area contributed by atoms with Crippen LogP contribution in [0.15, 0.2) is 42.5 Å². The summed E-state index contributed by atoms with van der Waals surface area (Å²) in [6, 6.07) is 10.8. The Bertz CT molecular complexity index is 638. The van der Waals surface area contributed by atoms with Crippen molar-refractivity contribution >= 4 is 17.9 Å². The highest BCUT2D eigenvalue weighted by atomic mass is 19.1. The fraction of sp³-hybridized carbons (Fsp3) is 0.0667. The van der Waals surface area contributed by atoms with Crippen molar-refractivity contribution in [3.63, 3.8) is 0 Å². The van der Waals surface area contributed by atoms with Gasteiger partial charge < -0.3 is 5.32 Å². The first-order valence-electron chi connectivity index (χ1n) is 5.73. The molecule has 19 heavy (non-hydrogen) atoms. The maximum atomic E-state index is 13.6. The van der Waals surface area contributed by atoms with E-state index in [1.54, 1.807) is 24.3 Å². The number of hydrogen-bond donors (Lipinski definition) is 1. The second-order valence-electron chi connectivity index (χ2n) is 4.12. The molecule has 0 spiro atoms. The van der Waals surface area contributed by atoms with Crippen LogP contribution in [0.3, 0.4) is 0 Å². The third-order valence-electron chi connectivity index (χ3n) is 2.75. The number of carbonyl (C=O) groups is 2. The summed E-state index contributed by atoms with van der Waals surface area (Å²) in [5.41, 5.74) is 1.49. The maximum Gasteiger partial charge on any atom is 0.211 e. The Hall–Kier alpha value is -2.49. The van der Waals surface area contributed by atoms with E-state index < -0.39 is 11.6 Å². The minimum absolute atomic E-state index is 0.0120. The topological polar surface area (TPSA) is 46.2 Å². The van der Waals surface area contributed by atoms with E-state index in [1.807, 2.05) is 6.92 Å². The molecule has 0 aliphatic heterocycles. The summed E-state index contributed by atoms with van der Waals surface area (Å²) in [6.45, 7) is 1.82.